The summed E-state index contributed by atoms with van der Waals surface area (Å²) < 4.78 is 81.5. The minimum absolute atomic E-state index is 0.162. The van der Waals surface area contributed by atoms with E-state index in [9.17, 15) is 31.4 Å². The Morgan fingerprint density at radius 3 is 1.97 bits per heavy atom. The first kappa shape index (κ1) is 24.3. The molecule has 0 fully saturated rings. The Morgan fingerprint density at radius 1 is 0.844 bits per heavy atom. The van der Waals surface area contributed by atoms with Crippen LogP contribution in [0.4, 0.5) is 26.3 Å². The van der Waals surface area contributed by atoms with Crippen LogP contribution in [-0.2, 0) is 12.4 Å². The molecule has 2 nitrogen and oxygen atoms in total. The van der Waals surface area contributed by atoms with Crippen LogP contribution in [0, 0.1) is 0 Å². The Balaban J connectivity index is 2.29. The van der Waals surface area contributed by atoms with Crippen molar-refractivity contribution in [1.29, 1.82) is 0 Å². The molecule has 0 aliphatic rings. The number of rotatable bonds is 7. The predicted octanol–water partition coefficient (Wildman–Crippen LogP) is 7.19. The number of aliphatic hydroxyl groups excluding tert-OH is 1. The van der Waals surface area contributed by atoms with Crippen molar-refractivity contribution in [3.05, 3.63) is 59.2 Å². The Bertz CT molecular complexity index is 1080. The molecule has 8 heteroatoms. The third-order valence-electron chi connectivity index (χ3n) is 5.49. The number of halogens is 6. The standard InChI is InChI=1S/C24H25F6NO/c1-3-9-31(10-4-2)14-21(32)19-12-15-11-16(23(25,26)27)13-20(24(28,29)30)22(15)18-8-6-5-7-17(18)19/h5-8,11-13,21,32H,3-4,9-10,14H2,1-2H3. The van der Waals surface area contributed by atoms with Crippen molar-refractivity contribution in [1.82, 2.24) is 4.90 Å². The molecule has 0 saturated heterocycles. The summed E-state index contributed by atoms with van der Waals surface area (Å²) >= 11 is 0. The maximum absolute atomic E-state index is 13.8. The molecule has 0 amide bonds. The fraction of sp³-hybridized carbons (Fsp3) is 0.417. The fourth-order valence-corrected chi connectivity index (χ4v) is 4.21. The SMILES string of the molecule is CCCN(CCC)CC(O)c1cc2cc(C(F)(F)F)cc(C(F)(F)F)c2c2ccccc12. The highest BCUT2D eigenvalue weighted by Gasteiger charge is 2.38. The number of fused-ring (bicyclic) bond motifs is 3. The van der Waals surface area contributed by atoms with Crippen LogP contribution in [0.5, 0.6) is 0 Å². The van der Waals surface area contributed by atoms with Crippen molar-refractivity contribution < 1.29 is 31.4 Å². The van der Waals surface area contributed by atoms with Gasteiger partial charge in [-0.25, -0.2) is 0 Å². The maximum Gasteiger partial charge on any atom is 0.417 e. The third kappa shape index (κ3) is 5.02. The lowest BCUT2D eigenvalue weighted by atomic mass is 9.90. The van der Waals surface area contributed by atoms with Gasteiger partial charge in [0, 0.05) is 11.9 Å². The van der Waals surface area contributed by atoms with Gasteiger partial charge in [-0.15, -0.1) is 0 Å². The van der Waals surface area contributed by atoms with Gasteiger partial charge in [-0.2, -0.15) is 26.3 Å². The number of aliphatic hydroxyl groups is 1. The van der Waals surface area contributed by atoms with Crippen LogP contribution in [0.3, 0.4) is 0 Å². The Kier molecular flexibility index (Phi) is 7.05. The average molecular weight is 457 g/mol. The van der Waals surface area contributed by atoms with Crippen molar-refractivity contribution in [2.24, 2.45) is 0 Å². The zero-order valence-electron chi connectivity index (χ0n) is 17.8. The Hall–Kier alpha value is -2.32. The molecule has 0 heterocycles. The minimum Gasteiger partial charge on any atom is -0.387 e. The smallest absolute Gasteiger partial charge is 0.387 e. The lowest BCUT2D eigenvalue weighted by Crippen LogP contribution is -2.30. The van der Waals surface area contributed by atoms with Crippen molar-refractivity contribution in [2.75, 3.05) is 19.6 Å². The second kappa shape index (κ2) is 9.27. The normalized spacial score (nSPS) is 13.9. The largest absolute Gasteiger partial charge is 0.417 e. The summed E-state index contributed by atoms with van der Waals surface area (Å²) in [5.74, 6) is 0. The summed E-state index contributed by atoms with van der Waals surface area (Å²) in [7, 11) is 0. The van der Waals surface area contributed by atoms with Gasteiger partial charge in [0.1, 0.15) is 0 Å². The molecule has 174 valence electrons. The predicted molar refractivity (Wildman–Crippen MR) is 113 cm³/mol. The lowest BCUT2D eigenvalue weighted by Gasteiger charge is -2.26. The van der Waals surface area contributed by atoms with E-state index in [-0.39, 0.29) is 28.8 Å². The van der Waals surface area contributed by atoms with Crippen LogP contribution in [0.1, 0.15) is 49.5 Å². The van der Waals surface area contributed by atoms with Crippen molar-refractivity contribution >= 4 is 21.5 Å². The molecule has 3 rings (SSSR count). The molecule has 3 aromatic rings. The highest BCUT2D eigenvalue weighted by atomic mass is 19.4. The summed E-state index contributed by atoms with van der Waals surface area (Å²) in [5.41, 5.74) is -2.39. The highest BCUT2D eigenvalue weighted by Crippen LogP contribution is 2.43. The zero-order valence-corrected chi connectivity index (χ0v) is 17.8. The molecule has 0 saturated carbocycles. The third-order valence-corrected chi connectivity index (χ3v) is 5.49. The monoisotopic (exact) mass is 457 g/mol. The Morgan fingerprint density at radius 2 is 1.44 bits per heavy atom. The van der Waals surface area contributed by atoms with E-state index in [2.05, 4.69) is 0 Å². The molecule has 0 aliphatic heterocycles. The van der Waals surface area contributed by atoms with Crippen molar-refractivity contribution in [3.8, 4) is 0 Å². The molecular formula is C24H25F6NO. The van der Waals surface area contributed by atoms with E-state index in [4.69, 9.17) is 0 Å². The van der Waals surface area contributed by atoms with Gasteiger partial charge in [0.05, 0.1) is 17.2 Å². The summed E-state index contributed by atoms with van der Waals surface area (Å²) in [5, 5.41) is 11.0. The van der Waals surface area contributed by atoms with E-state index in [1.807, 2.05) is 18.7 Å². The van der Waals surface area contributed by atoms with E-state index in [1.54, 1.807) is 12.1 Å². The molecule has 1 unspecified atom stereocenters. The van der Waals surface area contributed by atoms with Crippen molar-refractivity contribution in [3.63, 3.8) is 0 Å². The van der Waals surface area contributed by atoms with Crippen LogP contribution in [0.25, 0.3) is 21.5 Å². The number of alkyl halides is 6. The van der Waals surface area contributed by atoms with Crippen LogP contribution < -0.4 is 0 Å². The van der Waals surface area contributed by atoms with Gasteiger partial charge in [-0.05, 0) is 65.9 Å². The topological polar surface area (TPSA) is 23.5 Å². The molecule has 0 spiro atoms. The summed E-state index contributed by atoms with van der Waals surface area (Å²) in [4.78, 5) is 2.04. The molecule has 0 aromatic heterocycles. The molecule has 0 radical (unpaired) electrons. The molecule has 3 aromatic carbocycles. The number of nitrogens with zero attached hydrogens (tertiary/aromatic N) is 1. The molecule has 0 bridgehead atoms. The first-order chi connectivity index (χ1) is 15.0. The van der Waals surface area contributed by atoms with Crippen LogP contribution in [-0.4, -0.2) is 29.6 Å². The van der Waals surface area contributed by atoms with E-state index in [1.165, 1.54) is 18.2 Å². The average Bonchev–Trinajstić information content (AvgIpc) is 2.71. The van der Waals surface area contributed by atoms with E-state index in [0.717, 1.165) is 32.0 Å². The summed E-state index contributed by atoms with van der Waals surface area (Å²) in [6, 6.07) is 8.37. The quantitative estimate of drug-likeness (QED) is 0.300. The Labute approximate surface area is 182 Å². The number of benzene rings is 3. The van der Waals surface area contributed by atoms with Gasteiger partial charge in [0.15, 0.2) is 0 Å². The zero-order chi connectivity index (χ0) is 23.7. The van der Waals surface area contributed by atoms with Crippen molar-refractivity contribution in [2.45, 2.75) is 45.1 Å². The van der Waals surface area contributed by atoms with Gasteiger partial charge in [-0.3, -0.25) is 0 Å². The fourth-order valence-electron chi connectivity index (χ4n) is 4.21. The van der Waals surface area contributed by atoms with Gasteiger partial charge in [0.2, 0.25) is 0 Å². The summed E-state index contributed by atoms with van der Waals surface area (Å²) in [6.45, 7) is 5.69. The minimum atomic E-state index is -4.97. The molecule has 0 aliphatic carbocycles. The van der Waals surface area contributed by atoms with Gasteiger partial charge >= 0.3 is 12.4 Å². The van der Waals surface area contributed by atoms with Crippen LogP contribution >= 0.6 is 0 Å². The van der Waals surface area contributed by atoms with E-state index in [0.29, 0.717) is 10.9 Å². The second-order valence-electron chi connectivity index (χ2n) is 7.95. The van der Waals surface area contributed by atoms with Gasteiger partial charge < -0.3 is 10.0 Å². The van der Waals surface area contributed by atoms with Crippen LogP contribution in [0.2, 0.25) is 0 Å². The van der Waals surface area contributed by atoms with Gasteiger partial charge in [-0.1, -0.05) is 38.1 Å². The van der Waals surface area contributed by atoms with Crippen LogP contribution in [0.15, 0.2) is 42.5 Å². The maximum atomic E-state index is 13.8. The highest BCUT2D eigenvalue weighted by molar-refractivity contribution is 6.11. The molecular weight excluding hydrogens is 432 g/mol. The van der Waals surface area contributed by atoms with E-state index < -0.39 is 29.6 Å². The molecule has 1 N–H and O–H groups in total. The molecule has 32 heavy (non-hydrogen) atoms. The first-order valence-electron chi connectivity index (χ1n) is 10.5. The first-order valence-corrected chi connectivity index (χ1v) is 10.5. The second-order valence-corrected chi connectivity index (χ2v) is 7.95. The summed E-state index contributed by atoms with van der Waals surface area (Å²) in [6.07, 6.45) is -9.25. The van der Waals surface area contributed by atoms with E-state index >= 15 is 0 Å². The molecule has 1 atom stereocenters. The number of hydrogen-bond acceptors (Lipinski definition) is 2. The lowest BCUT2D eigenvalue weighted by molar-refractivity contribution is -0.142. The number of hydrogen-bond donors (Lipinski definition) is 1. The van der Waals surface area contributed by atoms with Gasteiger partial charge in [0.25, 0.3) is 0 Å².